The molecule has 0 atom stereocenters. The monoisotopic (exact) mass is 317 g/mol. The lowest BCUT2D eigenvalue weighted by Gasteiger charge is -2.24. The first-order valence-electron chi connectivity index (χ1n) is 7.34. The highest BCUT2D eigenvalue weighted by molar-refractivity contribution is 5.98. The van der Waals surface area contributed by atoms with Crippen LogP contribution >= 0.6 is 0 Å². The number of nitrogens with one attached hydrogen (secondary N) is 3. The highest BCUT2D eigenvalue weighted by atomic mass is 16.2. The van der Waals surface area contributed by atoms with Crippen LogP contribution in [0, 0.1) is 0 Å². The van der Waals surface area contributed by atoms with Gasteiger partial charge in [0.2, 0.25) is 17.7 Å². The van der Waals surface area contributed by atoms with Crippen molar-refractivity contribution in [3.8, 4) is 0 Å². The van der Waals surface area contributed by atoms with Crippen LogP contribution in [0.1, 0.15) is 25.8 Å². The van der Waals surface area contributed by atoms with Gasteiger partial charge in [0, 0.05) is 19.2 Å². The molecule has 0 saturated carbocycles. The molecular weight excluding hydrogens is 294 g/mol. The third-order valence-electron chi connectivity index (χ3n) is 3.29. The van der Waals surface area contributed by atoms with Crippen molar-refractivity contribution in [2.24, 2.45) is 0 Å². The fourth-order valence-electron chi connectivity index (χ4n) is 1.99. The van der Waals surface area contributed by atoms with Crippen molar-refractivity contribution in [2.45, 2.75) is 32.2 Å². The van der Waals surface area contributed by atoms with Crippen molar-refractivity contribution in [1.82, 2.24) is 10.6 Å². The molecule has 1 rings (SSSR count). The zero-order chi connectivity index (χ0) is 17.5. The molecule has 0 aliphatic carbocycles. The second-order valence-electron chi connectivity index (χ2n) is 5.64. The van der Waals surface area contributed by atoms with E-state index in [1.165, 1.54) is 13.1 Å². The summed E-state index contributed by atoms with van der Waals surface area (Å²) >= 11 is 0. The summed E-state index contributed by atoms with van der Waals surface area (Å²) in [4.78, 5) is 34.7. The third-order valence-corrected chi connectivity index (χ3v) is 3.29. The zero-order valence-electron chi connectivity index (χ0n) is 13.7. The number of benzene rings is 1. The number of carbonyl (C=O) groups is 3. The number of likely N-dealkylation sites (N-methyl/N-ethyl adjacent to an activating group) is 1. The summed E-state index contributed by atoms with van der Waals surface area (Å²) in [6.45, 7) is 6.69. The molecular formula is C17H23N3O3. The molecule has 0 aromatic heterocycles. The maximum absolute atomic E-state index is 11.9. The predicted octanol–water partition coefficient (Wildman–Crippen LogP) is 1.38. The maximum atomic E-state index is 11.9. The molecule has 3 amide bonds. The van der Waals surface area contributed by atoms with E-state index in [-0.39, 0.29) is 24.1 Å². The van der Waals surface area contributed by atoms with E-state index in [1.54, 1.807) is 26.0 Å². The molecule has 0 bridgehead atoms. The van der Waals surface area contributed by atoms with Crippen molar-refractivity contribution in [2.75, 3.05) is 12.4 Å². The number of aryl methyl sites for hydroxylation is 1. The smallest absolute Gasteiger partial charge is 0.247 e. The number of hydrogen-bond donors (Lipinski definition) is 3. The first-order chi connectivity index (χ1) is 10.8. The predicted molar refractivity (Wildman–Crippen MR) is 89.9 cm³/mol. The van der Waals surface area contributed by atoms with Gasteiger partial charge in [-0.25, -0.2) is 0 Å². The Morgan fingerprint density at radius 2 is 1.78 bits per heavy atom. The van der Waals surface area contributed by atoms with Crippen molar-refractivity contribution < 1.29 is 14.4 Å². The van der Waals surface area contributed by atoms with Crippen molar-refractivity contribution in [3.05, 3.63) is 42.5 Å². The lowest BCUT2D eigenvalue weighted by molar-refractivity contribution is -0.132. The topological polar surface area (TPSA) is 87.3 Å². The van der Waals surface area contributed by atoms with Crippen LogP contribution in [0.2, 0.25) is 0 Å². The van der Waals surface area contributed by atoms with Gasteiger partial charge in [-0.05, 0) is 44.0 Å². The molecule has 6 nitrogen and oxygen atoms in total. The highest BCUT2D eigenvalue weighted by Gasteiger charge is 2.27. The number of hydrogen-bond acceptors (Lipinski definition) is 3. The summed E-state index contributed by atoms with van der Waals surface area (Å²) in [6.07, 6.45) is 2.02. The Labute approximate surface area is 136 Å². The molecule has 0 radical (unpaired) electrons. The average molecular weight is 317 g/mol. The number of amides is 3. The van der Waals surface area contributed by atoms with E-state index < -0.39 is 5.54 Å². The van der Waals surface area contributed by atoms with E-state index in [9.17, 15) is 14.4 Å². The summed E-state index contributed by atoms with van der Waals surface area (Å²) < 4.78 is 0. The summed E-state index contributed by atoms with van der Waals surface area (Å²) in [5.41, 5.74) is 0.698. The number of carbonyl (C=O) groups excluding carboxylic acids is 3. The Hall–Kier alpha value is -2.63. The zero-order valence-corrected chi connectivity index (χ0v) is 13.7. The van der Waals surface area contributed by atoms with Gasteiger partial charge in [-0.3, -0.25) is 14.4 Å². The summed E-state index contributed by atoms with van der Waals surface area (Å²) in [7, 11) is 1.53. The maximum Gasteiger partial charge on any atom is 0.247 e. The summed E-state index contributed by atoms with van der Waals surface area (Å²) in [5, 5.41) is 7.87. The highest BCUT2D eigenvalue weighted by Crippen LogP contribution is 2.11. The fraction of sp³-hybridized carbons (Fsp3) is 0.353. The van der Waals surface area contributed by atoms with Gasteiger partial charge in [0.25, 0.3) is 0 Å². The van der Waals surface area contributed by atoms with Crippen molar-refractivity contribution >= 4 is 23.4 Å². The molecule has 0 unspecified atom stereocenters. The van der Waals surface area contributed by atoms with E-state index in [0.717, 1.165) is 5.56 Å². The van der Waals surface area contributed by atoms with E-state index in [1.807, 2.05) is 12.1 Å². The lowest BCUT2D eigenvalue weighted by Crippen LogP contribution is -2.53. The molecule has 3 N–H and O–H groups in total. The molecule has 23 heavy (non-hydrogen) atoms. The van der Waals surface area contributed by atoms with Crippen LogP contribution in [0.5, 0.6) is 0 Å². The molecule has 0 aliphatic heterocycles. The normalized spacial score (nSPS) is 10.6. The second-order valence-corrected chi connectivity index (χ2v) is 5.64. The molecule has 6 heteroatoms. The Morgan fingerprint density at radius 1 is 1.17 bits per heavy atom. The quantitative estimate of drug-likeness (QED) is 0.664. The van der Waals surface area contributed by atoms with Gasteiger partial charge in [-0.15, -0.1) is 0 Å². The molecule has 0 saturated heterocycles. The van der Waals surface area contributed by atoms with Crippen LogP contribution < -0.4 is 16.0 Å². The molecule has 0 fully saturated rings. The SMILES string of the molecule is C=CC(=O)Nc1ccc(CCC(=O)NC(C)(C)C(=O)NC)cc1. The van der Waals surface area contributed by atoms with Crippen LogP contribution in [0.15, 0.2) is 36.9 Å². The molecule has 124 valence electrons. The van der Waals surface area contributed by atoms with Crippen molar-refractivity contribution in [3.63, 3.8) is 0 Å². The molecule has 1 aromatic carbocycles. The van der Waals surface area contributed by atoms with Crippen LogP contribution in [0.25, 0.3) is 0 Å². The summed E-state index contributed by atoms with van der Waals surface area (Å²) in [5.74, 6) is -0.704. The summed E-state index contributed by atoms with van der Waals surface area (Å²) in [6, 6.07) is 7.22. The third kappa shape index (κ3) is 5.94. The fourth-order valence-corrected chi connectivity index (χ4v) is 1.99. The van der Waals surface area contributed by atoms with E-state index in [0.29, 0.717) is 12.1 Å². The van der Waals surface area contributed by atoms with Gasteiger partial charge < -0.3 is 16.0 Å². The minimum atomic E-state index is -0.940. The van der Waals surface area contributed by atoms with Gasteiger partial charge in [0.05, 0.1) is 0 Å². The van der Waals surface area contributed by atoms with Gasteiger partial charge in [0.1, 0.15) is 5.54 Å². The minimum Gasteiger partial charge on any atom is -0.357 e. The van der Waals surface area contributed by atoms with Crippen molar-refractivity contribution in [1.29, 1.82) is 0 Å². The molecule has 1 aromatic rings. The Balaban J connectivity index is 2.52. The largest absolute Gasteiger partial charge is 0.357 e. The Morgan fingerprint density at radius 3 is 2.30 bits per heavy atom. The van der Waals surface area contributed by atoms with Crippen LogP contribution in [-0.4, -0.2) is 30.3 Å². The standard InChI is InChI=1S/C17H23N3O3/c1-5-14(21)19-13-9-6-12(7-10-13)8-11-15(22)20-17(2,3)16(23)18-4/h5-7,9-10H,1,8,11H2,2-4H3,(H,18,23)(H,19,21)(H,20,22). The van der Waals surface area contributed by atoms with Gasteiger partial charge in [-0.2, -0.15) is 0 Å². The van der Waals surface area contributed by atoms with E-state index >= 15 is 0 Å². The second kappa shape index (κ2) is 8.12. The van der Waals surface area contributed by atoms with Crippen LogP contribution in [-0.2, 0) is 20.8 Å². The van der Waals surface area contributed by atoms with E-state index in [4.69, 9.17) is 0 Å². The first-order valence-corrected chi connectivity index (χ1v) is 7.34. The Bertz CT molecular complexity index is 592. The minimum absolute atomic E-state index is 0.192. The van der Waals surface area contributed by atoms with Crippen LogP contribution in [0.3, 0.4) is 0 Å². The first kappa shape index (κ1) is 18.4. The average Bonchev–Trinajstić information content (AvgIpc) is 2.52. The molecule has 0 heterocycles. The number of anilines is 1. The molecule has 0 spiro atoms. The van der Waals surface area contributed by atoms with Gasteiger partial charge >= 0.3 is 0 Å². The van der Waals surface area contributed by atoms with Crippen LogP contribution in [0.4, 0.5) is 5.69 Å². The lowest BCUT2D eigenvalue weighted by atomic mass is 10.0. The van der Waals surface area contributed by atoms with E-state index in [2.05, 4.69) is 22.5 Å². The van der Waals surface area contributed by atoms with Gasteiger partial charge in [-0.1, -0.05) is 18.7 Å². The van der Waals surface area contributed by atoms with Gasteiger partial charge in [0.15, 0.2) is 0 Å². The number of rotatable bonds is 7. The molecule has 0 aliphatic rings. The Kier molecular flexibility index (Phi) is 6.50.